The normalized spacial score (nSPS) is 20.7. The maximum atomic E-state index is 12.2. The van der Waals surface area contributed by atoms with Gasteiger partial charge in [0.2, 0.25) is 0 Å². The van der Waals surface area contributed by atoms with Crippen molar-refractivity contribution in [1.29, 1.82) is 0 Å². The third-order valence-electron chi connectivity index (χ3n) is 4.00. The average molecular weight is 281 g/mol. The van der Waals surface area contributed by atoms with Gasteiger partial charge in [-0.3, -0.25) is 4.90 Å². The first-order valence-corrected chi connectivity index (χ1v) is 7.65. The molecule has 0 bridgehead atoms. The van der Waals surface area contributed by atoms with E-state index in [1.165, 1.54) is 5.57 Å². The molecule has 5 nitrogen and oxygen atoms in total. The molecule has 0 aromatic carbocycles. The Hall–Kier alpha value is -1.07. The zero-order valence-electron chi connectivity index (χ0n) is 12.5. The summed E-state index contributed by atoms with van der Waals surface area (Å²) < 4.78 is 0. The quantitative estimate of drug-likeness (QED) is 0.719. The molecule has 1 saturated heterocycles. The summed E-state index contributed by atoms with van der Waals surface area (Å²) in [6, 6.07) is 0.620. The number of aliphatic hydroxyl groups excluding tert-OH is 1. The molecular formula is C15H27N3O2. The highest BCUT2D eigenvalue weighted by Crippen LogP contribution is 2.26. The Kier molecular flexibility index (Phi) is 5.43. The highest BCUT2D eigenvalue weighted by molar-refractivity contribution is 5.75. The molecule has 1 aliphatic carbocycles. The first kappa shape index (κ1) is 15.3. The molecule has 5 heteroatoms. The van der Waals surface area contributed by atoms with Crippen LogP contribution in [0.1, 0.15) is 32.6 Å². The van der Waals surface area contributed by atoms with E-state index in [1.54, 1.807) is 4.90 Å². The van der Waals surface area contributed by atoms with Crippen LogP contribution in [-0.2, 0) is 0 Å². The molecule has 1 heterocycles. The summed E-state index contributed by atoms with van der Waals surface area (Å²) in [4.78, 5) is 16.4. The van der Waals surface area contributed by atoms with Crippen molar-refractivity contribution in [1.82, 2.24) is 15.1 Å². The van der Waals surface area contributed by atoms with Crippen LogP contribution in [0.15, 0.2) is 12.2 Å². The fourth-order valence-electron chi connectivity index (χ4n) is 2.82. The lowest BCUT2D eigenvalue weighted by Gasteiger charge is -2.33. The third kappa shape index (κ3) is 4.49. The Labute approximate surface area is 121 Å². The zero-order valence-corrected chi connectivity index (χ0v) is 12.5. The molecule has 0 aromatic heterocycles. The Morgan fingerprint density at radius 1 is 1.35 bits per heavy atom. The van der Waals surface area contributed by atoms with E-state index in [1.807, 2.05) is 0 Å². The largest absolute Gasteiger partial charge is 0.395 e. The summed E-state index contributed by atoms with van der Waals surface area (Å²) in [5, 5.41) is 12.2. The van der Waals surface area contributed by atoms with Gasteiger partial charge in [0.1, 0.15) is 0 Å². The number of amides is 2. The molecule has 0 unspecified atom stereocenters. The fourth-order valence-corrected chi connectivity index (χ4v) is 2.82. The highest BCUT2D eigenvalue weighted by Gasteiger charge is 2.33. The predicted octanol–water partition coefficient (Wildman–Crippen LogP) is 1.19. The van der Waals surface area contributed by atoms with Crippen LogP contribution < -0.4 is 5.32 Å². The van der Waals surface area contributed by atoms with Gasteiger partial charge in [0.25, 0.3) is 0 Å². The van der Waals surface area contributed by atoms with Crippen molar-refractivity contribution in [2.24, 2.45) is 0 Å². The number of likely N-dealkylation sites (tertiary alicyclic amines) is 1. The monoisotopic (exact) mass is 281 g/mol. The second-order valence-corrected chi connectivity index (χ2v) is 6.11. The summed E-state index contributed by atoms with van der Waals surface area (Å²) in [5.74, 6) is 0. The molecule has 2 N–H and O–H groups in total. The summed E-state index contributed by atoms with van der Waals surface area (Å²) in [6.07, 6.45) is 4.14. The molecule has 114 valence electrons. The van der Waals surface area contributed by atoms with E-state index in [2.05, 4.69) is 23.7 Å². The topological polar surface area (TPSA) is 55.8 Å². The number of nitrogens with one attached hydrogen (secondary N) is 1. The molecule has 2 rings (SSSR count). The summed E-state index contributed by atoms with van der Waals surface area (Å²) >= 11 is 0. The molecule has 1 saturated carbocycles. The Bertz CT molecular complexity index is 347. The lowest BCUT2D eigenvalue weighted by Crippen LogP contribution is -2.50. The molecule has 20 heavy (non-hydrogen) atoms. The minimum absolute atomic E-state index is 0.0000914. The highest BCUT2D eigenvalue weighted by atomic mass is 16.3. The number of carbonyl (C=O) groups excluding carboxylic acids is 1. The minimum atomic E-state index is -0.0000914. The fraction of sp³-hybridized carbons (Fsp3) is 0.800. The van der Waals surface area contributed by atoms with Crippen molar-refractivity contribution in [3.05, 3.63) is 12.2 Å². The number of urea groups is 1. The number of carbonyl (C=O) groups is 1. The van der Waals surface area contributed by atoms with Crippen LogP contribution in [0, 0.1) is 0 Å². The van der Waals surface area contributed by atoms with Crippen LogP contribution in [0.5, 0.6) is 0 Å². The molecule has 2 fully saturated rings. The van der Waals surface area contributed by atoms with Crippen molar-refractivity contribution < 1.29 is 9.90 Å². The van der Waals surface area contributed by atoms with E-state index in [-0.39, 0.29) is 18.7 Å². The van der Waals surface area contributed by atoms with Crippen LogP contribution in [0.2, 0.25) is 0 Å². The first-order valence-electron chi connectivity index (χ1n) is 7.65. The molecule has 0 spiro atoms. The minimum Gasteiger partial charge on any atom is -0.395 e. The average Bonchev–Trinajstić information content (AvgIpc) is 3.22. The van der Waals surface area contributed by atoms with E-state index in [4.69, 9.17) is 5.11 Å². The number of aliphatic hydroxyl groups is 1. The third-order valence-corrected chi connectivity index (χ3v) is 4.00. The van der Waals surface area contributed by atoms with Crippen molar-refractivity contribution in [2.75, 3.05) is 32.8 Å². The first-order chi connectivity index (χ1) is 9.60. The van der Waals surface area contributed by atoms with Gasteiger partial charge in [-0.15, -0.1) is 0 Å². The van der Waals surface area contributed by atoms with Crippen LogP contribution in [0.25, 0.3) is 0 Å². The number of piperidine rings is 1. The van der Waals surface area contributed by atoms with Crippen LogP contribution in [0.4, 0.5) is 4.79 Å². The van der Waals surface area contributed by atoms with Gasteiger partial charge in [0.15, 0.2) is 0 Å². The zero-order chi connectivity index (χ0) is 14.5. The van der Waals surface area contributed by atoms with Crippen molar-refractivity contribution in [3.8, 4) is 0 Å². The summed E-state index contributed by atoms with van der Waals surface area (Å²) in [5.41, 5.74) is 1.19. The molecule has 2 aliphatic rings. The molecule has 0 atom stereocenters. The van der Waals surface area contributed by atoms with Crippen molar-refractivity contribution >= 4 is 6.03 Å². The lowest BCUT2D eigenvalue weighted by molar-refractivity contribution is 0.160. The number of hydrogen-bond acceptors (Lipinski definition) is 3. The van der Waals surface area contributed by atoms with E-state index in [0.717, 1.165) is 45.3 Å². The van der Waals surface area contributed by atoms with Gasteiger partial charge in [-0.25, -0.2) is 4.79 Å². The smallest absolute Gasteiger partial charge is 0.317 e. The second-order valence-electron chi connectivity index (χ2n) is 6.11. The van der Waals surface area contributed by atoms with Gasteiger partial charge >= 0.3 is 6.03 Å². The Balaban J connectivity index is 1.73. The molecular weight excluding hydrogens is 254 g/mol. The van der Waals surface area contributed by atoms with Crippen LogP contribution >= 0.6 is 0 Å². The van der Waals surface area contributed by atoms with Crippen molar-refractivity contribution in [3.63, 3.8) is 0 Å². The Morgan fingerprint density at radius 3 is 2.50 bits per heavy atom. The van der Waals surface area contributed by atoms with Crippen LogP contribution in [0.3, 0.4) is 0 Å². The molecule has 1 aliphatic heterocycles. The predicted molar refractivity (Wildman–Crippen MR) is 79.6 cm³/mol. The SMILES string of the molecule is C=C(C)CN1CCC(NC(=O)N(CCO)C2CC2)CC1. The molecule has 0 radical (unpaired) electrons. The number of hydrogen-bond donors (Lipinski definition) is 2. The van der Waals surface area contributed by atoms with Gasteiger partial charge < -0.3 is 15.3 Å². The maximum absolute atomic E-state index is 12.2. The van der Waals surface area contributed by atoms with Crippen LogP contribution in [-0.4, -0.2) is 65.8 Å². The number of nitrogens with zero attached hydrogens (tertiary/aromatic N) is 2. The molecule has 0 aromatic rings. The van der Waals surface area contributed by atoms with E-state index in [0.29, 0.717) is 12.6 Å². The standard InChI is InChI=1S/C15H27N3O2/c1-12(2)11-17-7-5-13(6-8-17)16-15(20)18(9-10-19)14-3-4-14/h13-14,19H,1,3-11H2,2H3,(H,16,20). The molecule has 2 amide bonds. The van der Waals surface area contributed by atoms with E-state index < -0.39 is 0 Å². The number of rotatable bonds is 6. The van der Waals surface area contributed by atoms with Gasteiger partial charge in [-0.2, -0.15) is 0 Å². The maximum Gasteiger partial charge on any atom is 0.317 e. The van der Waals surface area contributed by atoms with Crippen molar-refractivity contribution in [2.45, 2.75) is 44.7 Å². The Morgan fingerprint density at radius 2 is 2.00 bits per heavy atom. The second kappa shape index (κ2) is 7.09. The summed E-state index contributed by atoms with van der Waals surface area (Å²) in [6.45, 7) is 9.48. The van der Waals surface area contributed by atoms with Gasteiger partial charge in [-0.05, 0) is 32.6 Å². The van der Waals surface area contributed by atoms with E-state index >= 15 is 0 Å². The van der Waals surface area contributed by atoms with Gasteiger partial charge in [-0.1, -0.05) is 12.2 Å². The summed E-state index contributed by atoms with van der Waals surface area (Å²) in [7, 11) is 0. The van der Waals surface area contributed by atoms with Gasteiger partial charge in [0, 0.05) is 38.3 Å². The lowest BCUT2D eigenvalue weighted by atomic mass is 10.0. The van der Waals surface area contributed by atoms with E-state index in [9.17, 15) is 4.79 Å². The van der Waals surface area contributed by atoms with Gasteiger partial charge in [0.05, 0.1) is 6.61 Å².